The highest BCUT2D eigenvalue weighted by Crippen LogP contribution is 2.43. The Morgan fingerprint density at radius 3 is 2.74 bits per heavy atom. The lowest BCUT2D eigenvalue weighted by molar-refractivity contribution is -0.385. The van der Waals surface area contributed by atoms with Gasteiger partial charge < -0.3 is 9.80 Å². The lowest BCUT2D eigenvalue weighted by Crippen LogP contribution is -2.27. The normalized spacial score (nSPS) is 18.9. The van der Waals surface area contributed by atoms with Crippen molar-refractivity contribution in [2.75, 3.05) is 24.5 Å². The van der Waals surface area contributed by atoms with Gasteiger partial charge in [0.05, 0.1) is 4.92 Å². The number of benzene rings is 2. The fourth-order valence-corrected chi connectivity index (χ4v) is 4.25. The van der Waals surface area contributed by atoms with Gasteiger partial charge in [-0.25, -0.2) is 0 Å². The van der Waals surface area contributed by atoms with Crippen LogP contribution in [0.1, 0.15) is 36.3 Å². The van der Waals surface area contributed by atoms with Gasteiger partial charge in [-0.2, -0.15) is 0 Å². The number of hydrogen-bond donors (Lipinski definition) is 0. The zero-order chi connectivity index (χ0) is 19.0. The van der Waals surface area contributed by atoms with Crippen molar-refractivity contribution in [1.29, 1.82) is 0 Å². The average molecular weight is 365 g/mol. The number of carbonyl (C=O) groups excluding carboxylic acids is 1. The molecule has 6 heteroatoms. The maximum atomic E-state index is 11.9. The molecule has 1 unspecified atom stereocenters. The number of likely N-dealkylation sites (tertiary alicyclic amines) is 1. The van der Waals surface area contributed by atoms with E-state index in [2.05, 4.69) is 23.1 Å². The van der Waals surface area contributed by atoms with Crippen molar-refractivity contribution in [2.24, 2.45) is 0 Å². The molecule has 0 spiro atoms. The first-order valence-corrected chi connectivity index (χ1v) is 9.44. The highest BCUT2D eigenvalue weighted by atomic mass is 16.6. The van der Waals surface area contributed by atoms with E-state index in [1.807, 2.05) is 23.1 Å². The molecule has 140 valence electrons. The third-order valence-corrected chi connectivity index (χ3v) is 5.68. The van der Waals surface area contributed by atoms with Gasteiger partial charge in [0.15, 0.2) is 0 Å². The van der Waals surface area contributed by atoms with Gasteiger partial charge in [-0.1, -0.05) is 18.2 Å². The van der Waals surface area contributed by atoms with Gasteiger partial charge in [0.2, 0.25) is 5.91 Å². The molecule has 1 saturated heterocycles. The standard InChI is InChI=1S/C21H23N3O3/c1-15-13-17(8-9-19(15)24(26)27)23-14-16(18-5-2-3-6-20(18)23)10-12-22-11-4-7-21(22)25/h2-3,5-6,8-9,13,16H,4,7,10-12,14H2,1H3. The van der Waals surface area contributed by atoms with Crippen molar-refractivity contribution in [2.45, 2.75) is 32.1 Å². The lowest BCUT2D eigenvalue weighted by atomic mass is 9.98. The van der Waals surface area contributed by atoms with E-state index in [4.69, 9.17) is 0 Å². The van der Waals surface area contributed by atoms with Crippen LogP contribution in [0.4, 0.5) is 17.1 Å². The fourth-order valence-electron chi connectivity index (χ4n) is 4.25. The summed E-state index contributed by atoms with van der Waals surface area (Å²) in [5.74, 6) is 0.620. The molecule has 2 aliphatic rings. The van der Waals surface area contributed by atoms with Crippen molar-refractivity contribution in [3.63, 3.8) is 0 Å². The molecule has 2 aromatic carbocycles. The van der Waals surface area contributed by atoms with Gasteiger partial charge in [0, 0.05) is 55.0 Å². The van der Waals surface area contributed by atoms with Gasteiger partial charge >= 0.3 is 0 Å². The van der Waals surface area contributed by atoms with Crippen molar-refractivity contribution in [3.05, 3.63) is 63.7 Å². The third-order valence-electron chi connectivity index (χ3n) is 5.68. The lowest BCUT2D eigenvalue weighted by Gasteiger charge is -2.21. The summed E-state index contributed by atoms with van der Waals surface area (Å²) < 4.78 is 0. The molecule has 4 rings (SSSR count). The van der Waals surface area contributed by atoms with Crippen LogP contribution in [0.15, 0.2) is 42.5 Å². The molecule has 27 heavy (non-hydrogen) atoms. The number of anilines is 2. The number of nitro groups is 1. The second-order valence-electron chi connectivity index (χ2n) is 7.37. The van der Waals surface area contributed by atoms with Gasteiger partial charge in [0.25, 0.3) is 5.69 Å². The number of para-hydroxylation sites is 1. The number of aryl methyl sites for hydroxylation is 1. The van der Waals surface area contributed by atoms with Crippen LogP contribution in [0, 0.1) is 17.0 Å². The highest BCUT2D eigenvalue weighted by molar-refractivity contribution is 5.78. The molecule has 0 bridgehead atoms. The van der Waals surface area contributed by atoms with Crippen molar-refractivity contribution in [3.8, 4) is 0 Å². The maximum absolute atomic E-state index is 11.9. The Hall–Kier alpha value is -2.89. The van der Waals surface area contributed by atoms with Gasteiger partial charge in [-0.3, -0.25) is 14.9 Å². The summed E-state index contributed by atoms with van der Waals surface area (Å²) in [7, 11) is 0. The molecule has 1 atom stereocenters. The van der Waals surface area contributed by atoms with E-state index in [-0.39, 0.29) is 16.5 Å². The zero-order valence-electron chi connectivity index (χ0n) is 15.4. The summed E-state index contributed by atoms with van der Waals surface area (Å²) in [5, 5.41) is 11.1. The molecule has 0 aliphatic carbocycles. The number of amides is 1. The molecular weight excluding hydrogens is 342 g/mol. The minimum absolute atomic E-state index is 0.148. The zero-order valence-corrected chi connectivity index (χ0v) is 15.4. The van der Waals surface area contributed by atoms with Crippen LogP contribution in [0.2, 0.25) is 0 Å². The minimum Gasteiger partial charge on any atom is -0.343 e. The number of carbonyl (C=O) groups is 1. The molecule has 6 nitrogen and oxygen atoms in total. The Kier molecular flexibility index (Phi) is 4.56. The molecule has 2 aliphatic heterocycles. The van der Waals surface area contributed by atoms with E-state index in [1.165, 1.54) is 5.56 Å². The largest absolute Gasteiger partial charge is 0.343 e. The van der Waals surface area contributed by atoms with Crippen molar-refractivity contribution < 1.29 is 9.72 Å². The first-order chi connectivity index (χ1) is 13.0. The monoisotopic (exact) mass is 365 g/mol. The molecule has 0 aromatic heterocycles. The van der Waals surface area contributed by atoms with Crippen LogP contribution in [-0.4, -0.2) is 35.4 Å². The second kappa shape index (κ2) is 7.02. The number of nitrogens with zero attached hydrogens (tertiary/aromatic N) is 3. The topological polar surface area (TPSA) is 66.7 Å². The summed E-state index contributed by atoms with van der Waals surface area (Å²) in [6, 6.07) is 13.6. The Labute approximate surface area is 158 Å². The van der Waals surface area contributed by atoms with Crippen LogP contribution in [-0.2, 0) is 4.79 Å². The molecule has 1 amide bonds. The van der Waals surface area contributed by atoms with Crippen molar-refractivity contribution in [1.82, 2.24) is 4.90 Å². The van der Waals surface area contributed by atoms with Gasteiger partial charge in [0.1, 0.15) is 0 Å². The van der Waals surface area contributed by atoms with Crippen molar-refractivity contribution >= 4 is 23.0 Å². The van der Waals surface area contributed by atoms with E-state index < -0.39 is 0 Å². The van der Waals surface area contributed by atoms with Crippen LogP contribution in [0.5, 0.6) is 0 Å². The Morgan fingerprint density at radius 1 is 1.22 bits per heavy atom. The molecular formula is C21H23N3O3. The molecule has 0 radical (unpaired) electrons. The summed E-state index contributed by atoms with van der Waals surface area (Å²) in [5.41, 5.74) is 4.24. The Bertz CT molecular complexity index is 896. The maximum Gasteiger partial charge on any atom is 0.272 e. The number of rotatable bonds is 5. The van der Waals surface area contributed by atoms with Crippen LogP contribution < -0.4 is 4.90 Å². The molecule has 2 aromatic rings. The summed E-state index contributed by atoms with van der Waals surface area (Å²) >= 11 is 0. The van der Waals surface area contributed by atoms with Gasteiger partial charge in [-0.15, -0.1) is 0 Å². The van der Waals surface area contributed by atoms with E-state index in [1.54, 1.807) is 13.0 Å². The van der Waals surface area contributed by atoms with Gasteiger partial charge in [-0.05, 0) is 43.5 Å². The van der Waals surface area contributed by atoms with E-state index >= 15 is 0 Å². The number of hydrogen-bond acceptors (Lipinski definition) is 4. The first-order valence-electron chi connectivity index (χ1n) is 9.44. The first kappa shape index (κ1) is 17.5. The van der Waals surface area contributed by atoms with E-state index in [9.17, 15) is 14.9 Å². The Morgan fingerprint density at radius 2 is 2.04 bits per heavy atom. The van der Waals surface area contributed by atoms with Crippen LogP contribution >= 0.6 is 0 Å². The van der Waals surface area contributed by atoms with E-state index in [0.29, 0.717) is 17.9 Å². The van der Waals surface area contributed by atoms with Crippen LogP contribution in [0.25, 0.3) is 0 Å². The summed E-state index contributed by atoms with van der Waals surface area (Å²) in [6.45, 7) is 4.28. The number of nitro benzene ring substituents is 1. The summed E-state index contributed by atoms with van der Waals surface area (Å²) in [6.07, 6.45) is 2.58. The average Bonchev–Trinajstić information content (AvgIpc) is 3.23. The predicted octanol–water partition coefficient (Wildman–Crippen LogP) is 4.15. The highest BCUT2D eigenvalue weighted by Gasteiger charge is 2.31. The van der Waals surface area contributed by atoms with E-state index in [0.717, 1.165) is 43.9 Å². The molecule has 0 N–H and O–H groups in total. The SMILES string of the molecule is Cc1cc(N2CC(CCN3CCCC3=O)c3ccccc32)ccc1[N+](=O)[O-]. The smallest absolute Gasteiger partial charge is 0.272 e. The molecule has 0 saturated carbocycles. The third kappa shape index (κ3) is 3.27. The quantitative estimate of drug-likeness (QED) is 0.590. The van der Waals surface area contributed by atoms with Crippen LogP contribution in [0.3, 0.4) is 0 Å². The molecule has 1 fully saturated rings. The predicted molar refractivity (Wildman–Crippen MR) is 104 cm³/mol. The minimum atomic E-state index is -0.340. The summed E-state index contributed by atoms with van der Waals surface area (Å²) in [4.78, 5) is 26.9. The Balaban J connectivity index is 1.57. The molecule has 2 heterocycles. The second-order valence-corrected chi connectivity index (χ2v) is 7.37. The number of fused-ring (bicyclic) bond motifs is 1. The fraction of sp³-hybridized carbons (Fsp3) is 0.381.